The topological polar surface area (TPSA) is 26.3 Å². The third-order valence-corrected chi connectivity index (χ3v) is 4.46. The van der Waals surface area contributed by atoms with E-state index in [0.717, 1.165) is 12.8 Å². The molecule has 1 aliphatic rings. The number of carbonyl (C=O) groups excluding carboxylic acids is 1. The van der Waals surface area contributed by atoms with E-state index in [1.807, 2.05) is 12.2 Å². The van der Waals surface area contributed by atoms with E-state index in [9.17, 15) is 4.79 Å². The molecule has 0 bridgehead atoms. The molecule has 23 heavy (non-hydrogen) atoms. The first-order valence-electron chi connectivity index (χ1n) is 9.85. The van der Waals surface area contributed by atoms with Crippen LogP contribution in [-0.4, -0.2) is 12.1 Å². The van der Waals surface area contributed by atoms with Gasteiger partial charge in [-0.1, -0.05) is 89.4 Å². The van der Waals surface area contributed by atoms with Crippen LogP contribution in [0.5, 0.6) is 0 Å². The first kappa shape index (κ1) is 20.0. The zero-order valence-electron chi connectivity index (χ0n) is 15.1. The summed E-state index contributed by atoms with van der Waals surface area (Å²) in [7, 11) is 0. The predicted molar refractivity (Wildman–Crippen MR) is 98.5 cm³/mol. The number of allylic oxidation sites excluding steroid dienone is 3. The van der Waals surface area contributed by atoms with Gasteiger partial charge in [-0.15, -0.1) is 0 Å². The Balaban J connectivity index is 1.80. The molecule has 1 rings (SSSR count). The lowest BCUT2D eigenvalue weighted by atomic mass is 10.1. The van der Waals surface area contributed by atoms with Crippen molar-refractivity contribution in [1.29, 1.82) is 0 Å². The van der Waals surface area contributed by atoms with E-state index in [0.29, 0.717) is 6.42 Å². The Kier molecular flexibility index (Phi) is 12.6. The van der Waals surface area contributed by atoms with Gasteiger partial charge in [0.25, 0.3) is 0 Å². The number of ether oxygens (including phenoxy) is 1. The molecule has 1 fully saturated rings. The van der Waals surface area contributed by atoms with Crippen LogP contribution in [0.3, 0.4) is 0 Å². The van der Waals surface area contributed by atoms with Crippen LogP contribution in [0.4, 0.5) is 0 Å². The maximum absolute atomic E-state index is 10.9. The summed E-state index contributed by atoms with van der Waals surface area (Å²) in [5.41, 5.74) is 0. The summed E-state index contributed by atoms with van der Waals surface area (Å²) >= 11 is 0. The molecule has 0 amide bonds. The third-order valence-electron chi connectivity index (χ3n) is 4.46. The molecule has 0 aromatic rings. The molecule has 0 saturated carbocycles. The monoisotopic (exact) mass is 320 g/mol. The Hall–Kier alpha value is -1.05. The van der Waals surface area contributed by atoms with Gasteiger partial charge >= 0.3 is 5.97 Å². The van der Waals surface area contributed by atoms with Gasteiger partial charge in [0.15, 0.2) is 0 Å². The van der Waals surface area contributed by atoms with Gasteiger partial charge < -0.3 is 4.74 Å². The van der Waals surface area contributed by atoms with Crippen LogP contribution in [0.1, 0.15) is 96.8 Å². The van der Waals surface area contributed by atoms with Crippen LogP contribution < -0.4 is 0 Å². The fourth-order valence-corrected chi connectivity index (χ4v) is 2.97. The molecule has 1 atom stereocenters. The van der Waals surface area contributed by atoms with Gasteiger partial charge in [-0.3, -0.25) is 4.79 Å². The summed E-state index contributed by atoms with van der Waals surface area (Å²) in [6, 6.07) is 0. The minimum absolute atomic E-state index is 0.00845. The Labute approximate surface area is 143 Å². The zero-order valence-corrected chi connectivity index (χ0v) is 15.1. The zero-order chi connectivity index (χ0) is 16.6. The summed E-state index contributed by atoms with van der Waals surface area (Å²) in [6.45, 7) is 2.28. The quantitative estimate of drug-likeness (QED) is 0.207. The van der Waals surface area contributed by atoms with Gasteiger partial charge in [0.05, 0.1) is 0 Å². The van der Waals surface area contributed by atoms with Gasteiger partial charge in [-0.05, 0) is 25.3 Å². The largest absolute Gasteiger partial charge is 0.458 e. The van der Waals surface area contributed by atoms with Crippen LogP contribution in [-0.2, 0) is 9.53 Å². The van der Waals surface area contributed by atoms with Crippen molar-refractivity contribution in [3.8, 4) is 0 Å². The highest BCUT2D eigenvalue weighted by atomic mass is 16.5. The van der Waals surface area contributed by atoms with Crippen molar-refractivity contribution in [3.05, 3.63) is 24.3 Å². The highest BCUT2D eigenvalue weighted by molar-refractivity contribution is 5.71. The number of hydrogen-bond donors (Lipinski definition) is 0. The second-order valence-electron chi connectivity index (χ2n) is 6.70. The number of unbranched alkanes of at least 4 members (excludes halogenated alkanes) is 11. The maximum atomic E-state index is 10.9. The first-order valence-corrected chi connectivity index (χ1v) is 9.85. The van der Waals surface area contributed by atoms with Crippen LogP contribution in [0.2, 0.25) is 0 Å². The van der Waals surface area contributed by atoms with Crippen LogP contribution in [0.15, 0.2) is 24.3 Å². The summed E-state index contributed by atoms with van der Waals surface area (Å²) in [6.07, 6.45) is 26.2. The van der Waals surface area contributed by atoms with E-state index in [-0.39, 0.29) is 12.1 Å². The van der Waals surface area contributed by atoms with Gasteiger partial charge in [-0.2, -0.15) is 0 Å². The molecule has 0 spiro atoms. The van der Waals surface area contributed by atoms with Gasteiger partial charge in [0, 0.05) is 6.42 Å². The van der Waals surface area contributed by atoms with Crippen molar-refractivity contribution in [2.45, 2.75) is 103 Å². The standard InChI is InChI=1S/C21H36O2/c1-2-3-4-5-6-7-8-9-10-11-12-13-14-15-16-17-20-18-19-21(22)23-20/h14-17,20H,2-13,18-19H2,1H3. The molecule has 0 aromatic carbocycles. The SMILES string of the molecule is CCCCCCCCCCCCCC=CC=CC1CCC(=O)O1. The molecule has 132 valence electrons. The van der Waals surface area contributed by atoms with Gasteiger partial charge in [0.2, 0.25) is 0 Å². The molecule has 2 heteroatoms. The lowest BCUT2D eigenvalue weighted by Gasteiger charge is -2.01. The van der Waals surface area contributed by atoms with E-state index < -0.39 is 0 Å². The van der Waals surface area contributed by atoms with E-state index in [4.69, 9.17) is 4.74 Å². The van der Waals surface area contributed by atoms with E-state index in [1.54, 1.807) is 0 Å². The number of esters is 1. The summed E-state index contributed by atoms with van der Waals surface area (Å²) in [5.74, 6) is -0.0652. The average molecular weight is 321 g/mol. The average Bonchev–Trinajstić information content (AvgIpc) is 2.96. The molecule has 1 aliphatic heterocycles. The molecule has 1 heterocycles. The van der Waals surface area contributed by atoms with Crippen molar-refractivity contribution in [3.63, 3.8) is 0 Å². The maximum Gasteiger partial charge on any atom is 0.306 e. The fourth-order valence-electron chi connectivity index (χ4n) is 2.97. The Bertz CT molecular complexity index is 344. The highest BCUT2D eigenvalue weighted by Gasteiger charge is 2.19. The van der Waals surface area contributed by atoms with Crippen molar-refractivity contribution >= 4 is 5.97 Å². The number of carbonyl (C=O) groups is 1. The molecule has 0 aromatic heterocycles. The molecule has 1 unspecified atom stereocenters. The predicted octanol–water partition coefficient (Wildman–Crippen LogP) is 6.51. The minimum atomic E-state index is -0.0652. The fraction of sp³-hybridized carbons (Fsp3) is 0.762. The number of rotatable bonds is 14. The van der Waals surface area contributed by atoms with Crippen LogP contribution in [0, 0.1) is 0 Å². The molecule has 2 nitrogen and oxygen atoms in total. The molecule has 1 saturated heterocycles. The van der Waals surface area contributed by atoms with Crippen LogP contribution >= 0.6 is 0 Å². The van der Waals surface area contributed by atoms with Gasteiger partial charge in [0.1, 0.15) is 6.10 Å². The Morgan fingerprint density at radius 1 is 0.913 bits per heavy atom. The lowest BCUT2D eigenvalue weighted by molar-refractivity contribution is -0.139. The van der Waals surface area contributed by atoms with E-state index >= 15 is 0 Å². The summed E-state index contributed by atoms with van der Waals surface area (Å²) < 4.78 is 5.12. The molecule has 0 N–H and O–H groups in total. The smallest absolute Gasteiger partial charge is 0.306 e. The summed E-state index contributed by atoms with van der Waals surface area (Å²) in [5, 5.41) is 0. The normalized spacial score (nSPS) is 18.3. The first-order chi connectivity index (χ1) is 11.3. The van der Waals surface area contributed by atoms with Crippen molar-refractivity contribution < 1.29 is 9.53 Å². The highest BCUT2D eigenvalue weighted by Crippen LogP contribution is 2.15. The summed E-state index contributed by atoms with van der Waals surface area (Å²) in [4.78, 5) is 10.9. The van der Waals surface area contributed by atoms with Crippen molar-refractivity contribution in [1.82, 2.24) is 0 Å². The van der Waals surface area contributed by atoms with E-state index in [1.165, 1.54) is 70.6 Å². The number of hydrogen-bond acceptors (Lipinski definition) is 2. The van der Waals surface area contributed by atoms with Crippen molar-refractivity contribution in [2.75, 3.05) is 0 Å². The second-order valence-corrected chi connectivity index (χ2v) is 6.70. The molecule has 0 radical (unpaired) electrons. The molecule has 0 aliphatic carbocycles. The minimum Gasteiger partial charge on any atom is -0.458 e. The molecular formula is C21H36O2. The Morgan fingerprint density at radius 3 is 2.09 bits per heavy atom. The number of cyclic esters (lactones) is 1. The molecular weight excluding hydrogens is 284 g/mol. The van der Waals surface area contributed by atoms with Gasteiger partial charge in [-0.25, -0.2) is 0 Å². The van der Waals surface area contributed by atoms with Crippen LogP contribution in [0.25, 0.3) is 0 Å². The van der Waals surface area contributed by atoms with Crippen molar-refractivity contribution in [2.24, 2.45) is 0 Å². The lowest BCUT2D eigenvalue weighted by Crippen LogP contribution is -2.01. The Morgan fingerprint density at radius 2 is 1.52 bits per heavy atom. The van der Waals surface area contributed by atoms with E-state index in [2.05, 4.69) is 19.1 Å². The second kappa shape index (κ2) is 14.5. The third kappa shape index (κ3) is 12.1.